The summed E-state index contributed by atoms with van der Waals surface area (Å²) in [4.78, 5) is 33.0. The normalized spacial score (nSPS) is 24.5. The van der Waals surface area contributed by atoms with Crippen molar-refractivity contribution in [2.24, 2.45) is 11.3 Å². The number of rotatable bonds is 4. The van der Waals surface area contributed by atoms with Crippen LogP contribution in [0.3, 0.4) is 0 Å². The van der Waals surface area contributed by atoms with Crippen LogP contribution in [0.5, 0.6) is 0 Å². The molecule has 142 valence electrons. The highest BCUT2D eigenvalue weighted by Gasteiger charge is 2.53. The summed E-state index contributed by atoms with van der Waals surface area (Å²) in [7, 11) is 0. The van der Waals surface area contributed by atoms with E-state index in [0.29, 0.717) is 19.0 Å². The molecule has 2 atom stereocenters. The summed E-state index contributed by atoms with van der Waals surface area (Å²) in [6.07, 6.45) is 7.82. The first-order valence-corrected chi connectivity index (χ1v) is 9.68. The van der Waals surface area contributed by atoms with E-state index in [2.05, 4.69) is 30.2 Å². The van der Waals surface area contributed by atoms with Gasteiger partial charge in [0.2, 0.25) is 11.9 Å². The molecule has 7 nitrogen and oxygen atoms in total. The van der Waals surface area contributed by atoms with E-state index in [1.165, 1.54) is 6.42 Å². The second kappa shape index (κ2) is 7.21. The Morgan fingerprint density at radius 1 is 1.22 bits per heavy atom. The smallest absolute Gasteiger partial charge is 0.228 e. The van der Waals surface area contributed by atoms with Gasteiger partial charge in [-0.15, -0.1) is 0 Å². The van der Waals surface area contributed by atoms with Crippen molar-refractivity contribution < 1.29 is 4.79 Å². The quantitative estimate of drug-likeness (QED) is 0.893. The van der Waals surface area contributed by atoms with Gasteiger partial charge in [0.25, 0.3) is 0 Å². The zero-order valence-corrected chi connectivity index (χ0v) is 16.0. The van der Waals surface area contributed by atoms with Crippen LogP contribution in [-0.4, -0.2) is 38.9 Å². The second-order valence-corrected chi connectivity index (χ2v) is 7.76. The van der Waals surface area contributed by atoms with E-state index in [1.54, 1.807) is 12.4 Å². The molecule has 0 unspecified atom stereocenters. The van der Waals surface area contributed by atoms with Crippen LogP contribution in [0.25, 0.3) is 0 Å². The number of aryl methyl sites for hydroxylation is 2. The van der Waals surface area contributed by atoms with Gasteiger partial charge in [-0.3, -0.25) is 4.79 Å². The molecule has 0 radical (unpaired) electrons. The maximum absolute atomic E-state index is 13.3. The predicted molar refractivity (Wildman–Crippen MR) is 102 cm³/mol. The van der Waals surface area contributed by atoms with Gasteiger partial charge in [0.1, 0.15) is 5.82 Å². The highest BCUT2D eigenvalue weighted by molar-refractivity contribution is 5.84. The number of hydrogen-bond donors (Lipinski definition) is 1. The lowest BCUT2D eigenvalue weighted by atomic mass is 9.67. The van der Waals surface area contributed by atoms with Crippen molar-refractivity contribution in [2.75, 3.05) is 18.0 Å². The van der Waals surface area contributed by atoms with Crippen LogP contribution in [0.2, 0.25) is 0 Å². The highest BCUT2D eigenvalue weighted by Crippen LogP contribution is 2.47. The van der Waals surface area contributed by atoms with E-state index in [0.717, 1.165) is 49.0 Å². The van der Waals surface area contributed by atoms with Crippen molar-refractivity contribution in [3.63, 3.8) is 0 Å². The first-order chi connectivity index (χ1) is 13.1. The minimum Gasteiger partial charge on any atom is -0.350 e. The van der Waals surface area contributed by atoms with Crippen molar-refractivity contribution >= 4 is 11.9 Å². The monoisotopic (exact) mass is 366 g/mol. The molecule has 7 heteroatoms. The van der Waals surface area contributed by atoms with Crippen LogP contribution in [0.4, 0.5) is 5.95 Å². The van der Waals surface area contributed by atoms with Crippen molar-refractivity contribution in [3.05, 3.63) is 41.7 Å². The van der Waals surface area contributed by atoms with Gasteiger partial charge in [-0.2, -0.15) is 0 Å². The van der Waals surface area contributed by atoms with Crippen molar-refractivity contribution in [3.8, 4) is 0 Å². The molecule has 2 aliphatic rings. The van der Waals surface area contributed by atoms with E-state index in [9.17, 15) is 4.79 Å². The fraction of sp³-hybridized carbons (Fsp3) is 0.550. The Morgan fingerprint density at radius 3 is 2.89 bits per heavy atom. The molecular formula is C20H26N6O. The summed E-state index contributed by atoms with van der Waals surface area (Å²) >= 11 is 0. The molecule has 1 saturated carbocycles. The maximum Gasteiger partial charge on any atom is 0.228 e. The topological polar surface area (TPSA) is 83.9 Å². The van der Waals surface area contributed by atoms with Gasteiger partial charge in [0, 0.05) is 31.2 Å². The Balaban J connectivity index is 1.52. The molecule has 1 saturated heterocycles. The van der Waals surface area contributed by atoms with E-state index < -0.39 is 0 Å². The van der Waals surface area contributed by atoms with Gasteiger partial charge in [-0.25, -0.2) is 19.9 Å². The Labute approximate surface area is 159 Å². The molecule has 4 rings (SSSR count). The Bertz CT molecular complexity index is 841. The summed E-state index contributed by atoms with van der Waals surface area (Å²) in [5.41, 5.74) is 1.44. The third-order valence-electron chi connectivity index (χ3n) is 5.90. The van der Waals surface area contributed by atoms with Crippen molar-refractivity contribution in [2.45, 2.75) is 46.1 Å². The van der Waals surface area contributed by atoms with Crippen molar-refractivity contribution in [1.29, 1.82) is 0 Å². The van der Waals surface area contributed by atoms with Gasteiger partial charge < -0.3 is 10.2 Å². The zero-order valence-electron chi connectivity index (χ0n) is 16.0. The molecule has 3 heterocycles. The summed E-state index contributed by atoms with van der Waals surface area (Å²) in [6.45, 7) is 5.81. The standard InChI is InChI=1S/C20H26N6O/c1-14-6-9-22-19(24-14)26-12-16-5-3-4-8-20(16,13-26)18(27)23-11-17-7-10-21-15(2)25-17/h6-7,9-10,16H,3-5,8,11-13H2,1-2H3,(H,23,27)/t16-,20+/m0/s1. The van der Waals surface area contributed by atoms with Crippen LogP contribution in [-0.2, 0) is 11.3 Å². The minimum atomic E-state index is -0.354. The van der Waals surface area contributed by atoms with E-state index in [4.69, 9.17) is 0 Å². The molecule has 1 N–H and O–H groups in total. The highest BCUT2D eigenvalue weighted by atomic mass is 16.2. The second-order valence-electron chi connectivity index (χ2n) is 7.76. The van der Waals surface area contributed by atoms with E-state index in [-0.39, 0.29) is 11.3 Å². The third kappa shape index (κ3) is 3.50. The molecule has 0 spiro atoms. The maximum atomic E-state index is 13.3. The number of aromatic nitrogens is 4. The molecule has 2 aromatic heterocycles. The third-order valence-corrected chi connectivity index (χ3v) is 5.90. The molecule has 27 heavy (non-hydrogen) atoms. The van der Waals surface area contributed by atoms with E-state index in [1.807, 2.05) is 26.0 Å². The average molecular weight is 366 g/mol. The number of nitrogens with one attached hydrogen (secondary N) is 1. The van der Waals surface area contributed by atoms with Crippen LogP contribution in [0.15, 0.2) is 24.5 Å². The molecule has 2 fully saturated rings. The summed E-state index contributed by atoms with van der Waals surface area (Å²) in [5.74, 6) is 1.95. The number of fused-ring (bicyclic) bond motifs is 1. The molecule has 1 aliphatic heterocycles. The largest absolute Gasteiger partial charge is 0.350 e. The van der Waals surface area contributed by atoms with Gasteiger partial charge in [0.05, 0.1) is 17.7 Å². The molecule has 0 bridgehead atoms. The summed E-state index contributed by atoms with van der Waals surface area (Å²) in [6, 6.07) is 3.75. The Hall–Kier alpha value is -2.57. The van der Waals surface area contributed by atoms with Crippen LogP contribution >= 0.6 is 0 Å². The Kier molecular flexibility index (Phi) is 4.76. The molecule has 2 aromatic rings. The SMILES string of the molecule is Cc1ccnc(N2C[C@@H]3CCCC[C@@]3(C(=O)NCc3ccnc(C)n3)C2)n1. The van der Waals surface area contributed by atoms with Gasteiger partial charge in [0.15, 0.2) is 0 Å². The molecule has 0 aromatic carbocycles. The number of carbonyl (C=O) groups is 1. The lowest BCUT2D eigenvalue weighted by Gasteiger charge is -2.36. The Morgan fingerprint density at radius 2 is 2.07 bits per heavy atom. The fourth-order valence-electron chi connectivity index (χ4n) is 4.52. The van der Waals surface area contributed by atoms with Gasteiger partial charge in [-0.1, -0.05) is 12.8 Å². The van der Waals surface area contributed by atoms with Crippen LogP contribution in [0.1, 0.15) is 42.9 Å². The lowest BCUT2D eigenvalue weighted by molar-refractivity contribution is -0.134. The fourth-order valence-corrected chi connectivity index (χ4v) is 4.52. The molecule has 1 aliphatic carbocycles. The van der Waals surface area contributed by atoms with Crippen LogP contribution < -0.4 is 10.2 Å². The first kappa shape index (κ1) is 17.8. The van der Waals surface area contributed by atoms with Crippen molar-refractivity contribution in [1.82, 2.24) is 25.3 Å². The predicted octanol–water partition coefficient (Wildman–Crippen LogP) is 2.20. The average Bonchev–Trinajstić information content (AvgIpc) is 3.07. The van der Waals surface area contributed by atoms with Gasteiger partial charge in [-0.05, 0) is 44.7 Å². The number of amides is 1. The number of carbonyl (C=O) groups excluding carboxylic acids is 1. The summed E-state index contributed by atoms with van der Waals surface area (Å²) < 4.78 is 0. The molecular weight excluding hydrogens is 340 g/mol. The summed E-state index contributed by atoms with van der Waals surface area (Å²) in [5, 5.41) is 3.14. The first-order valence-electron chi connectivity index (χ1n) is 9.68. The van der Waals surface area contributed by atoms with Gasteiger partial charge >= 0.3 is 0 Å². The molecule has 1 amide bonds. The number of hydrogen-bond acceptors (Lipinski definition) is 6. The number of anilines is 1. The van der Waals surface area contributed by atoms with Crippen LogP contribution in [0, 0.1) is 25.2 Å². The number of nitrogens with zero attached hydrogens (tertiary/aromatic N) is 5. The van der Waals surface area contributed by atoms with E-state index >= 15 is 0 Å². The zero-order chi connectivity index (χ0) is 18.9. The minimum absolute atomic E-state index is 0.138. The lowest BCUT2D eigenvalue weighted by Crippen LogP contribution is -2.47.